The van der Waals surface area contributed by atoms with Crippen molar-refractivity contribution in [2.75, 3.05) is 4.90 Å². The van der Waals surface area contributed by atoms with E-state index in [1.807, 2.05) is 0 Å². The van der Waals surface area contributed by atoms with Gasteiger partial charge in [-0.1, -0.05) is 0 Å². The smallest absolute Gasteiger partial charge is 0.413 e. The van der Waals surface area contributed by atoms with Crippen LogP contribution in [-0.4, -0.2) is 33.3 Å². The van der Waals surface area contributed by atoms with Gasteiger partial charge in [-0.3, -0.25) is 9.69 Å². The van der Waals surface area contributed by atoms with Crippen molar-refractivity contribution in [2.45, 2.75) is 59.1 Å². The summed E-state index contributed by atoms with van der Waals surface area (Å²) < 4.78 is 6.08. The molecule has 1 aromatic rings. The van der Waals surface area contributed by atoms with E-state index in [-0.39, 0.29) is 12.2 Å². The zero-order chi connectivity index (χ0) is 18.0. The number of amides is 1. The molecular weight excluding hydrogens is 364 g/mol. The highest BCUT2D eigenvalue weighted by atomic mass is 79.9. The number of hydrogen-bond acceptors (Lipinski definition) is 4. The Morgan fingerprint density at radius 1 is 1.26 bits per heavy atom. The quantitative estimate of drug-likeness (QED) is 0.786. The van der Waals surface area contributed by atoms with E-state index in [9.17, 15) is 14.7 Å². The van der Waals surface area contributed by atoms with Gasteiger partial charge in [0, 0.05) is 4.47 Å². The lowest BCUT2D eigenvalue weighted by Gasteiger charge is -2.35. The third kappa shape index (κ3) is 5.49. The molecule has 1 heterocycles. The summed E-state index contributed by atoms with van der Waals surface area (Å²) in [5, 5.41) is 9.59. The summed E-state index contributed by atoms with van der Waals surface area (Å²) in [6.45, 7) is 10.4. The number of rotatable bonds is 4. The third-order valence-corrected chi connectivity index (χ3v) is 3.87. The maximum atomic E-state index is 12.1. The van der Waals surface area contributed by atoms with Crippen LogP contribution in [0.2, 0.25) is 0 Å². The van der Waals surface area contributed by atoms with Gasteiger partial charge in [0.25, 0.3) is 0 Å². The number of carbonyl (C=O) groups excluding carboxylic acids is 1. The van der Waals surface area contributed by atoms with Crippen LogP contribution < -0.4 is 4.90 Å². The Bertz CT molecular complexity index is 609. The molecule has 0 fully saturated rings. The van der Waals surface area contributed by atoms with Crippen LogP contribution in [0.25, 0.3) is 0 Å². The number of halogens is 1. The third-order valence-electron chi connectivity index (χ3n) is 3.03. The molecule has 7 heteroatoms. The minimum atomic E-state index is -1.17. The molecule has 0 saturated heterocycles. The molecule has 0 spiro atoms. The van der Waals surface area contributed by atoms with Crippen molar-refractivity contribution < 1.29 is 19.4 Å². The van der Waals surface area contributed by atoms with Gasteiger partial charge in [0.05, 0.1) is 17.7 Å². The van der Waals surface area contributed by atoms with E-state index in [2.05, 4.69) is 20.9 Å². The number of anilines is 1. The van der Waals surface area contributed by atoms with E-state index in [1.54, 1.807) is 53.7 Å². The van der Waals surface area contributed by atoms with Gasteiger partial charge in [0.15, 0.2) is 0 Å². The predicted octanol–water partition coefficient (Wildman–Crippen LogP) is 4.15. The molecule has 0 bridgehead atoms. The van der Waals surface area contributed by atoms with Crippen molar-refractivity contribution in [1.29, 1.82) is 0 Å². The summed E-state index contributed by atoms with van der Waals surface area (Å²) in [5.41, 5.74) is -0.948. The van der Waals surface area contributed by atoms with Gasteiger partial charge in [-0.15, -0.1) is 0 Å². The molecule has 1 aromatic heterocycles. The van der Waals surface area contributed by atoms with Crippen LogP contribution in [-0.2, 0) is 9.53 Å². The SMILES string of the molecule is Cc1nc(N(C(=O)O)C(C)(C)CC(=O)OC(C)(C)C)ccc1Br. The van der Waals surface area contributed by atoms with Crippen LogP contribution in [0.4, 0.5) is 10.6 Å². The van der Waals surface area contributed by atoms with Crippen LogP contribution in [0, 0.1) is 6.92 Å². The number of nitrogens with zero attached hydrogens (tertiary/aromatic N) is 2. The lowest BCUT2D eigenvalue weighted by molar-refractivity contribution is -0.155. The minimum Gasteiger partial charge on any atom is -0.465 e. The molecule has 0 aliphatic carbocycles. The average Bonchev–Trinajstić information content (AvgIpc) is 2.29. The first kappa shape index (κ1) is 19.4. The normalized spacial score (nSPS) is 12.0. The van der Waals surface area contributed by atoms with E-state index in [1.165, 1.54) is 0 Å². The molecular formula is C16H23BrN2O4. The van der Waals surface area contributed by atoms with Crippen molar-refractivity contribution in [1.82, 2.24) is 4.98 Å². The molecule has 0 radical (unpaired) electrons. The molecule has 0 unspecified atom stereocenters. The van der Waals surface area contributed by atoms with Crippen LogP contribution >= 0.6 is 15.9 Å². The summed E-state index contributed by atoms with van der Waals surface area (Å²) >= 11 is 3.34. The van der Waals surface area contributed by atoms with Crippen molar-refractivity contribution in [2.24, 2.45) is 0 Å². The topological polar surface area (TPSA) is 79.7 Å². The summed E-state index contributed by atoms with van der Waals surface area (Å²) in [6.07, 6.45) is -1.25. The second-order valence-corrected chi connectivity index (χ2v) is 7.78. The number of aromatic nitrogens is 1. The maximum absolute atomic E-state index is 12.1. The number of esters is 1. The molecule has 0 aliphatic rings. The lowest BCUT2D eigenvalue weighted by atomic mass is 9.98. The zero-order valence-electron chi connectivity index (χ0n) is 14.3. The van der Waals surface area contributed by atoms with Gasteiger partial charge in [-0.2, -0.15) is 0 Å². The van der Waals surface area contributed by atoms with Crippen LogP contribution in [0.1, 0.15) is 46.7 Å². The maximum Gasteiger partial charge on any atom is 0.413 e. The number of pyridine rings is 1. The van der Waals surface area contributed by atoms with Crippen molar-refractivity contribution in [3.63, 3.8) is 0 Å². The first-order valence-electron chi connectivity index (χ1n) is 7.21. The lowest BCUT2D eigenvalue weighted by Crippen LogP contribution is -2.50. The Kier molecular flexibility index (Phi) is 5.79. The highest BCUT2D eigenvalue weighted by Crippen LogP contribution is 2.28. The number of carboxylic acid groups (broad SMARTS) is 1. The van der Waals surface area contributed by atoms with Crippen LogP contribution in [0.3, 0.4) is 0 Å². The fraction of sp³-hybridized carbons (Fsp3) is 0.562. The first-order chi connectivity index (χ1) is 10.3. The Hall–Kier alpha value is -1.63. The standard InChI is InChI=1S/C16H23BrN2O4/c1-10-11(17)7-8-12(18-10)19(14(21)22)16(5,6)9-13(20)23-15(2,3)4/h7-8H,9H2,1-6H3,(H,21,22). The van der Waals surface area contributed by atoms with E-state index < -0.39 is 23.2 Å². The summed E-state index contributed by atoms with van der Waals surface area (Å²) in [6, 6.07) is 3.33. The Morgan fingerprint density at radius 2 is 1.83 bits per heavy atom. The molecule has 0 saturated carbocycles. The average molecular weight is 387 g/mol. The van der Waals surface area contributed by atoms with Crippen LogP contribution in [0.15, 0.2) is 16.6 Å². The fourth-order valence-electron chi connectivity index (χ4n) is 2.13. The number of carbonyl (C=O) groups is 2. The molecule has 6 nitrogen and oxygen atoms in total. The second kappa shape index (κ2) is 6.86. The molecule has 1 N–H and O–H groups in total. The predicted molar refractivity (Wildman–Crippen MR) is 91.7 cm³/mol. The highest BCUT2D eigenvalue weighted by Gasteiger charge is 2.37. The van der Waals surface area contributed by atoms with Gasteiger partial charge in [0.2, 0.25) is 0 Å². The minimum absolute atomic E-state index is 0.0760. The van der Waals surface area contributed by atoms with Crippen LogP contribution in [0.5, 0.6) is 0 Å². The number of hydrogen-bond donors (Lipinski definition) is 1. The molecule has 23 heavy (non-hydrogen) atoms. The van der Waals surface area contributed by atoms with Gasteiger partial charge < -0.3 is 9.84 Å². The van der Waals surface area contributed by atoms with E-state index >= 15 is 0 Å². The van der Waals surface area contributed by atoms with Gasteiger partial charge >= 0.3 is 12.1 Å². The summed E-state index contributed by atoms with van der Waals surface area (Å²) in [7, 11) is 0. The van der Waals surface area contributed by atoms with Gasteiger partial charge in [0.1, 0.15) is 11.4 Å². The zero-order valence-corrected chi connectivity index (χ0v) is 15.9. The molecule has 0 aliphatic heterocycles. The fourth-order valence-corrected chi connectivity index (χ4v) is 2.35. The van der Waals surface area contributed by atoms with Crippen molar-refractivity contribution >= 4 is 33.8 Å². The van der Waals surface area contributed by atoms with Crippen molar-refractivity contribution in [3.8, 4) is 0 Å². The van der Waals surface area contributed by atoms with Gasteiger partial charge in [-0.05, 0) is 69.6 Å². The number of aryl methyl sites for hydroxylation is 1. The van der Waals surface area contributed by atoms with E-state index in [0.717, 1.165) is 9.37 Å². The molecule has 1 amide bonds. The first-order valence-corrected chi connectivity index (χ1v) is 8.01. The molecule has 0 atom stereocenters. The van der Waals surface area contributed by atoms with Gasteiger partial charge in [-0.25, -0.2) is 9.78 Å². The monoisotopic (exact) mass is 386 g/mol. The number of ether oxygens (including phenoxy) is 1. The van der Waals surface area contributed by atoms with Crippen molar-refractivity contribution in [3.05, 3.63) is 22.3 Å². The Morgan fingerprint density at radius 3 is 2.26 bits per heavy atom. The van der Waals surface area contributed by atoms with E-state index in [4.69, 9.17) is 4.74 Å². The molecule has 1 rings (SSSR count). The Balaban J connectivity index is 3.10. The summed E-state index contributed by atoms with van der Waals surface area (Å²) in [5.74, 6) is -0.186. The highest BCUT2D eigenvalue weighted by molar-refractivity contribution is 9.10. The second-order valence-electron chi connectivity index (χ2n) is 6.93. The molecule has 0 aromatic carbocycles. The Labute approximate surface area is 145 Å². The molecule has 128 valence electrons. The largest absolute Gasteiger partial charge is 0.465 e. The van der Waals surface area contributed by atoms with E-state index in [0.29, 0.717) is 5.69 Å². The summed E-state index contributed by atoms with van der Waals surface area (Å²) in [4.78, 5) is 29.2.